The molecule has 1 heterocycles. The lowest BCUT2D eigenvalue weighted by Crippen LogP contribution is -2.33. The van der Waals surface area contributed by atoms with Gasteiger partial charge in [-0.1, -0.05) is 30.3 Å². The van der Waals surface area contributed by atoms with E-state index in [1.807, 2.05) is 35.2 Å². The first-order valence-electron chi connectivity index (χ1n) is 8.68. The molecule has 1 saturated heterocycles. The van der Waals surface area contributed by atoms with E-state index >= 15 is 0 Å². The molecule has 25 heavy (non-hydrogen) atoms. The molecule has 2 N–H and O–H groups in total. The average Bonchev–Trinajstić information content (AvgIpc) is 3.15. The molecule has 0 radical (unpaired) electrons. The molecule has 132 valence electrons. The number of hydrogen-bond acceptors (Lipinski definition) is 3. The van der Waals surface area contributed by atoms with Crippen LogP contribution in [0.1, 0.15) is 28.8 Å². The van der Waals surface area contributed by atoms with Crippen molar-refractivity contribution < 1.29 is 14.3 Å². The number of anilines is 1. The Kier molecular flexibility index (Phi) is 5.66. The van der Waals surface area contributed by atoms with Gasteiger partial charge in [0, 0.05) is 31.6 Å². The van der Waals surface area contributed by atoms with Crippen LogP contribution in [0.5, 0.6) is 0 Å². The van der Waals surface area contributed by atoms with Crippen molar-refractivity contribution in [2.75, 3.05) is 24.5 Å². The minimum Gasteiger partial charge on any atom is -0.391 e. The fourth-order valence-corrected chi connectivity index (χ4v) is 3.13. The third-order valence-corrected chi connectivity index (χ3v) is 4.47. The summed E-state index contributed by atoms with van der Waals surface area (Å²) in [7, 11) is 0. The number of nitrogens with one attached hydrogen (secondary N) is 1. The van der Waals surface area contributed by atoms with E-state index in [0.29, 0.717) is 12.1 Å². The largest absolute Gasteiger partial charge is 0.391 e. The second kappa shape index (κ2) is 8.12. The van der Waals surface area contributed by atoms with Crippen LogP contribution < -0.4 is 10.2 Å². The van der Waals surface area contributed by atoms with Gasteiger partial charge in [0.1, 0.15) is 5.82 Å². The standard InChI is InChI=1S/C20H23FN2O2/c21-18-13-16(8-9-19(18)23-10-4-5-11-23)20(25)22-14-17(24)12-15-6-2-1-3-7-15/h1-3,6-9,13,17,24H,4-5,10-12,14H2,(H,22,25). The second-order valence-electron chi connectivity index (χ2n) is 6.41. The molecular weight excluding hydrogens is 319 g/mol. The van der Waals surface area contributed by atoms with Gasteiger partial charge < -0.3 is 15.3 Å². The number of carbonyl (C=O) groups excluding carboxylic acids is 1. The molecule has 0 bridgehead atoms. The van der Waals surface area contributed by atoms with Gasteiger partial charge in [-0.2, -0.15) is 0 Å². The van der Waals surface area contributed by atoms with Crippen molar-refractivity contribution in [3.63, 3.8) is 0 Å². The normalized spacial score (nSPS) is 15.2. The molecule has 1 unspecified atom stereocenters. The highest BCUT2D eigenvalue weighted by molar-refractivity contribution is 5.94. The quantitative estimate of drug-likeness (QED) is 0.849. The second-order valence-corrected chi connectivity index (χ2v) is 6.41. The molecular formula is C20H23FN2O2. The Morgan fingerprint density at radius 3 is 2.56 bits per heavy atom. The minimum absolute atomic E-state index is 0.128. The molecule has 1 aliphatic rings. The van der Waals surface area contributed by atoms with Gasteiger partial charge >= 0.3 is 0 Å². The van der Waals surface area contributed by atoms with Crippen LogP contribution in [-0.2, 0) is 6.42 Å². The number of nitrogens with zero attached hydrogens (tertiary/aromatic N) is 1. The summed E-state index contributed by atoms with van der Waals surface area (Å²) in [6, 6.07) is 14.2. The van der Waals surface area contributed by atoms with Crippen LogP contribution >= 0.6 is 0 Å². The van der Waals surface area contributed by atoms with E-state index in [-0.39, 0.29) is 23.8 Å². The van der Waals surface area contributed by atoms with E-state index < -0.39 is 6.10 Å². The predicted octanol–water partition coefficient (Wildman–Crippen LogP) is 2.76. The lowest BCUT2D eigenvalue weighted by Gasteiger charge is -2.18. The number of aliphatic hydroxyl groups is 1. The van der Waals surface area contributed by atoms with E-state index in [2.05, 4.69) is 5.32 Å². The molecule has 1 fully saturated rings. The summed E-state index contributed by atoms with van der Waals surface area (Å²) < 4.78 is 14.3. The maximum atomic E-state index is 14.3. The van der Waals surface area contributed by atoms with Gasteiger partial charge in [-0.3, -0.25) is 4.79 Å². The highest BCUT2D eigenvalue weighted by Gasteiger charge is 2.18. The highest BCUT2D eigenvalue weighted by Crippen LogP contribution is 2.24. The van der Waals surface area contributed by atoms with Crippen molar-refractivity contribution in [1.29, 1.82) is 0 Å². The number of benzene rings is 2. The average molecular weight is 342 g/mol. The summed E-state index contributed by atoms with van der Waals surface area (Å²) in [5.41, 5.74) is 1.83. The van der Waals surface area contributed by atoms with Crippen LogP contribution in [0.4, 0.5) is 10.1 Å². The van der Waals surface area contributed by atoms with Crippen LogP contribution in [0.15, 0.2) is 48.5 Å². The van der Waals surface area contributed by atoms with Crippen molar-refractivity contribution in [2.24, 2.45) is 0 Å². The summed E-state index contributed by atoms with van der Waals surface area (Å²) in [6.07, 6.45) is 1.92. The monoisotopic (exact) mass is 342 g/mol. The summed E-state index contributed by atoms with van der Waals surface area (Å²) in [6.45, 7) is 1.84. The van der Waals surface area contributed by atoms with Crippen LogP contribution in [0, 0.1) is 5.82 Å². The van der Waals surface area contributed by atoms with Gasteiger partial charge in [0.15, 0.2) is 0 Å². The molecule has 1 atom stereocenters. The number of carbonyl (C=O) groups is 1. The summed E-state index contributed by atoms with van der Waals surface area (Å²) in [4.78, 5) is 14.2. The van der Waals surface area contributed by atoms with Crippen LogP contribution in [0.25, 0.3) is 0 Å². The molecule has 3 rings (SSSR count). The Bertz CT molecular complexity index is 715. The lowest BCUT2D eigenvalue weighted by molar-refractivity contribution is 0.0915. The third-order valence-electron chi connectivity index (χ3n) is 4.47. The number of halogens is 1. The van der Waals surface area contributed by atoms with Crippen LogP contribution in [0.3, 0.4) is 0 Å². The predicted molar refractivity (Wildman–Crippen MR) is 96.3 cm³/mol. The molecule has 0 spiro atoms. The van der Waals surface area contributed by atoms with Crippen molar-refractivity contribution >= 4 is 11.6 Å². The Hall–Kier alpha value is -2.40. The SMILES string of the molecule is O=C(NCC(O)Cc1ccccc1)c1ccc(N2CCCC2)c(F)c1. The fraction of sp³-hybridized carbons (Fsp3) is 0.350. The van der Waals surface area contributed by atoms with Crippen LogP contribution in [-0.4, -0.2) is 36.8 Å². The number of rotatable bonds is 6. The molecule has 2 aromatic carbocycles. The summed E-state index contributed by atoms with van der Waals surface area (Å²) >= 11 is 0. The van der Waals surface area contributed by atoms with Gasteiger partial charge in [-0.05, 0) is 36.6 Å². The number of aliphatic hydroxyl groups excluding tert-OH is 1. The Labute approximate surface area is 147 Å². The van der Waals surface area contributed by atoms with E-state index in [0.717, 1.165) is 31.5 Å². The molecule has 4 nitrogen and oxygen atoms in total. The van der Waals surface area contributed by atoms with Gasteiger partial charge in [0.05, 0.1) is 11.8 Å². The molecule has 0 aliphatic carbocycles. The topological polar surface area (TPSA) is 52.6 Å². The van der Waals surface area contributed by atoms with E-state index in [4.69, 9.17) is 0 Å². The lowest BCUT2D eigenvalue weighted by atomic mass is 10.1. The van der Waals surface area contributed by atoms with E-state index in [9.17, 15) is 14.3 Å². The molecule has 2 aromatic rings. The first kappa shape index (κ1) is 17.4. The minimum atomic E-state index is -0.680. The Morgan fingerprint density at radius 1 is 1.16 bits per heavy atom. The summed E-state index contributed by atoms with van der Waals surface area (Å²) in [5, 5.41) is 12.7. The Balaban J connectivity index is 1.55. The van der Waals surface area contributed by atoms with Crippen molar-refractivity contribution in [2.45, 2.75) is 25.4 Å². The van der Waals surface area contributed by atoms with Gasteiger partial charge in [0.25, 0.3) is 5.91 Å². The zero-order chi connectivity index (χ0) is 17.6. The van der Waals surface area contributed by atoms with Crippen molar-refractivity contribution in [3.05, 3.63) is 65.5 Å². The maximum Gasteiger partial charge on any atom is 0.251 e. The first-order valence-corrected chi connectivity index (χ1v) is 8.68. The van der Waals surface area contributed by atoms with Gasteiger partial charge in [0.2, 0.25) is 0 Å². The number of hydrogen-bond donors (Lipinski definition) is 2. The molecule has 0 aromatic heterocycles. The molecule has 5 heteroatoms. The fourth-order valence-electron chi connectivity index (χ4n) is 3.13. The molecule has 0 saturated carbocycles. The first-order chi connectivity index (χ1) is 12.1. The zero-order valence-electron chi connectivity index (χ0n) is 14.1. The van der Waals surface area contributed by atoms with Crippen LogP contribution in [0.2, 0.25) is 0 Å². The smallest absolute Gasteiger partial charge is 0.251 e. The van der Waals surface area contributed by atoms with E-state index in [1.54, 1.807) is 12.1 Å². The number of amides is 1. The maximum absolute atomic E-state index is 14.3. The highest BCUT2D eigenvalue weighted by atomic mass is 19.1. The molecule has 1 aliphatic heterocycles. The third kappa shape index (κ3) is 4.57. The Morgan fingerprint density at radius 2 is 1.88 bits per heavy atom. The molecule has 1 amide bonds. The van der Waals surface area contributed by atoms with Gasteiger partial charge in [-0.25, -0.2) is 4.39 Å². The summed E-state index contributed by atoms with van der Waals surface area (Å²) in [5.74, 6) is -0.752. The van der Waals surface area contributed by atoms with E-state index in [1.165, 1.54) is 6.07 Å². The van der Waals surface area contributed by atoms with Gasteiger partial charge in [-0.15, -0.1) is 0 Å². The van der Waals surface area contributed by atoms with Crippen molar-refractivity contribution in [3.8, 4) is 0 Å². The zero-order valence-corrected chi connectivity index (χ0v) is 14.1. The van der Waals surface area contributed by atoms with Crippen molar-refractivity contribution in [1.82, 2.24) is 5.32 Å².